The van der Waals surface area contributed by atoms with E-state index in [1.807, 2.05) is 0 Å². The summed E-state index contributed by atoms with van der Waals surface area (Å²) in [6.45, 7) is 1.71. The SMILES string of the molecule is Clc1snnc1CN1CCC[C@@H]1c1noc(C2CC2)n1. The van der Waals surface area contributed by atoms with Crippen LogP contribution in [0.5, 0.6) is 0 Å². The second-order valence-corrected chi connectivity index (χ2v) is 6.74. The summed E-state index contributed by atoms with van der Waals surface area (Å²) in [4.78, 5) is 6.88. The van der Waals surface area contributed by atoms with Gasteiger partial charge in [-0.05, 0) is 32.2 Å². The zero-order valence-electron chi connectivity index (χ0n) is 10.8. The summed E-state index contributed by atoms with van der Waals surface area (Å²) in [7, 11) is 0. The predicted molar refractivity (Wildman–Crippen MR) is 73.6 cm³/mol. The quantitative estimate of drug-likeness (QED) is 0.865. The first-order chi connectivity index (χ1) is 9.81. The highest BCUT2D eigenvalue weighted by Gasteiger charge is 2.34. The number of hydrogen-bond acceptors (Lipinski definition) is 7. The van der Waals surface area contributed by atoms with Crippen LogP contribution < -0.4 is 0 Å². The van der Waals surface area contributed by atoms with Crippen LogP contribution in [-0.2, 0) is 6.54 Å². The Morgan fingerprint density at radius 2 is 2.25 bits per heavy atom. The topological polar surface area (TPSA) is 67.9 Å². The summed E-state index contributed by atoms with van der Waals surface area (Å²) in [5.41, 5.74) is 0.842. The number of halogens is 1. The lowest BCUT2D eigenvalue weighted by molar-refractivity contribution is 0.231. The summed E-state index contributed by atoms with van der Waals surface area (Å²) < 4.78 is 9.92. The Labute approximate surface area is 125 Å². The van der Waals surface area contributed by atoms with Crippen LogP contribution in [0.2, 0.25) is 4.34 Å². The zero-order chi connectivity index (χ0) is 13.5. The van der Waals surface area contributed by atoms with E-state index < -0.39 is 0 Å². The van der Waals surface area contributed by atoms with Crippen LogP contribution in [0.1, 0.15) is 55.1 Å². The maximum absolute atomic E-state index is 6.08. The molecule has 0 unspecified atom stereocenters. The molecule has 1 saturated carbocycles. The molecule has 106 valence electrons. The van der Waals surface area contributed by atoms with E-state index in [1.54, 1.807) is 0 Å². The van der Waals surface area contributed by atoms with Crippen LogP contribution in [0.25, 0.3) is 0 Å². The van der Waals surface area contributed by atoms with Crippen molar-refractivity contribution in [3.63, 3.8) is 0 Å². The first-order valence-corrected chi connectivity index (χ1v) is 8.00. The van der Waals surface area contributed by atoms with Gasteiger partial charge in [-0.15, -0.1) is 5.10 Å². The third-order valence-electron chi connectivity index (χ3n) is 3.91. The second kappa shape index (κ2) is 5.05. The molecule has 2 fully saturated rings. The molecular formula is C12H14ClN5OS. The Morgan fingerprint density at radius 3 is 3.00 bits per heavy atom. The Hall–Kier alpha value is -1.05. The van der Waals surface area contributed by atoms with Gasteiger partial charge in [0.2, 0.25) is 5.89 Å². The number of likely N-dealkylation sites (tertiary alicyclic amines) is 1. The molecule has 2 aromatic rings. The summed E-state index contributed by atoms with van der Waals surface area (Å²) in [6.07, 6.45) is 4.54. The van der Waals surface area contributed by atoms with Crippen molar-refractivity contribution in [3.8, 4) is 0 Å². The molecule has 1 aliphatic carbocycles. The van der Waals surface area contributed by atoms with Crippen molar-refractivity contribution in [2.75, 3.05) is 6.54 Å². The highest BCUT2D eigenvalue weighted by Crippen LogP contribution is 2.40. The molecule has 4 rings (SSSR count). The van der Waals surface area contributed by atoms with Crippen molar-refractivity contribution >= 4 is 23.1 Å². The summed E-state index contributed by atoms with van der Waals surface area (Å²) in [5, 5.41) is 8.25. The number of hydrogen-bond donors (Lipinski definition) is 0. The van der Waals surface area contributed by atoms with E-state index in [2.05, 4.69) is 24.6 Å². The molecular weight excluding hydrogens is 298 g/mol. The average Bonchev–Trinajstić information content (AvgIpc) is 2.87. The van der Waals surface area contributed by atoms with E-state index in [9.17, 15) is 0 Å². The van der Waals surface area contributed by atoms with Crippen LogP contribution in [-0.4, -0.2) is 31.2 Å². The number of nitrogens with zero attached hydrogens (tertiary/aromatic N) is 5. The van der Waals surface area contributed by atoms with Crippen LogP contribution in [0.15, 0.2) is 4.52 Å². The zero-order valence-corrected chi connectivity index (χ0v) is 12.4. The van der Waals surface area contributed by atoms with Crippen LogP contribution in [0.4, 0.5) is 0 Å². The largest absolute Gasteiger partial charge is 0.339 e. The minimum atomic E-state index is 0.212. The van der Waals surface area contributed by atoms with Crippen molar-refractivity contribution in [3.05, 3.63) is 21.7 Å². The van der Waals surface area contributed by atoms with Crippen molar-refractivity contribution in [1.82, 2.24) is 24.6 Å². The standard InChI is InChI=1S/C12H14ClN5OS/c13-10-8(15-17-20-10)6-18-5-1-2-9(18)11-14-12(19-16-11)7-3-4-7/h7,9H,1-6H2/t9-/m1/s1. The lowest BCUT2D eigenvalue weighted by Gasteiger charge is -2.20. The predicted octanol–water partition coefficient (Wildman–Crippen LogP) is 2.79. The van der Waals surface area contributed by atoms with Crippen LogP contribution in [0, 0.1) is 0 Å². The smallest absolute Gasteiger partial charge is 0.229 e. The molecule has 0 spiro atoms. The van der Waals surface area contributed by atoms with Crippen molar-refractivity contribution < 1.29 is 4.52 Å². The molecule has 0 bridgehead atoms. The molecule has 0 radical (unpaired) electrons. The molecule has 3 heterocycles. The molecule has 0 N–H and O–H groups in total. The Balaban J connectivity index is 1.52. The van der Waals surface area contributed by atoms with E-state index in [-0.39, 0.29) is 6.04 Å². The number of aromatic nitrogens is 4. The van der Waals surface area contributed by atoms with E-state index >= 15 is 0 Å². The molecule has 2 aliphatic rings. The molecule has 1 atom stereocenters. The van der Waals surface area contributed by atoms with Gasteiger partial charge < -0.3 is 4.52 Å². The van der Waals surface area contributed by atoms with Gasteiger partial charge in [0, 0.05) is 24.0 Å². The van der Waals surface area contributed by atoms with Gasteiger partial charge in [0.25, 0.3) is 0 Å². The third-order valence-corrected chi connectivity index (χ3v) is 4.89. The molecule has 6 nitrogen and oxygen atoms in total. The molecule has 0 amide bonds. The molecule has 2 aromatic heterocycles. The van der Waals surface area contributed by atoms with Gasteiger partial charge in [0.1, 0.15) is 10.0 Å². The lowest BCUT2D eigenvalue weighted by atomic mass is 10.2. The van der Waals surface area contributed by atoms with E-state index in [0.29, 0.717) is 16.8 Å². The minimum Gasteiger partial charge on any atom is -0.339 e. The third kappa shape index (κ3) is 2.34. The van der Waals surface area contributed by atoms with E-state index in [4.69, 9.17) is 16.1 Å². The highest BCUT2D eigenvalue weighted by atomic mass is 35.5. The highest BCUT2D eigenvalue weighted by molar-refractivity contribution is 7.10. The molecule has 20 heavy (non-hydrogen) atoms. The fourth-order valence-electron chi connectivity index (χ4n) is 2.67. The van der Waals surface area contributed by atoms with Gasteiger partial charge in [0.05, 0.1) is 6.04 Å². The Morgan fingerprint density at radius 1 is 1.35 bits per heavy atom. The van der Waals surface area contributed by atoms with Gasteiger partial charge in [0.15, 0.2) is 5.82 Å². The summed E-state index contributed by atoms with van der Waals surface area (Å²) in [5.74, 6) is 2.12. The number of rotatable bonds is 4. The molecule has 1 aliphatic heterocycles. The summed E-state index contributed by atoms with van der Waals surface area (Å²) in [6, 6.07) is 0.212. The van der Waals surface area contributed by atoms with Gasteiger partial charge in [-0.1, -0.05) is 21.2 Å². The molecule has 8 heteroatoms. The van der Waals surface area contributed by atoms with Crippen molar-refractivity contribution in [2.45, 2.75) is 44.2 Å². The van der Waals surface area contributed by atoms with Crippen molar-refractivity contribution in [1.29, 1.82) is 0 Å². The maximum Gasteiger partial charge on any atom is 0.229 e. The monoisotopic (exact) mass is 311 g/mol. The first kappa shape index (κ1) is 12.7. The van der Waals surface area contributed by atoms with Crippen molar-refractivity contribution in [2.24, 2.45) is 0 Å². The van der Waals surface area contributed by atoms with Crippen LogP contribution >= 0.6 is 23.1 Å². The van der Waals surface area contributed by atoms with Crippen LogP contribution in [0.3, 0.4) is 0 Å². The van der Waals surface area contributed by atoms with E-state index in [0.717, 1.165) is 36.8 Å². The maximum atomic E-state index is 6.08. The lowest BCUT2D eigenvalue weighted by Crippen LogP contribution is -2.24. The Bertz CT molecular complexity index is 611. The van der Waals surface area contributed by atoms with Gasteiger partial charge in [-0.25, -0.2) is 0 Å². The average molecular weight is 312 g/mol. The fraction of sp³-hybridized carbons (Fsp3) is 0.667. The Kier molecular flexibility index (Phi) is 3.20. The molecule has 0 aromatic carbocycles. The minimum absolute atomic E-state index is 0.212. The normalized spacial score (nSPS) is 23.6. The van der Waals surface area contributed by atoms with Gasteiger partial charge >= 0.3 is 0 Å². The second-order valence-electron chi connectivity index (χ2n) is 5.39. The summed E-state index contributed by atoms with van der Waals surface area (Å²) >= 11 is 7.31. The van der Waals surface area contributed by atoms with Gasteiger partial charge in [-0.2, -0.15) is 4.98 Å². The first-order valence-electron chi connectivity index (χ1n) is 6.85. The van der Waals surface area contributed by atoms with E-state index in [1.165, 1.54) is 24.4 Å². The molecule has 1 saturated heterocycles. The fourth-order valence-corrected chi connectivity index (χ4v) is 3.28. The van der Waals surface area contributed by atoms with Gasteiger partial charge in [-0.3, -0.25) is 4.90 Å².